The molecule has 1 aliphatic heterocycles. The maximum absolute atomic E-state index is 13.6. The molecule has 1 aliphatic rings. The van der Waals surface area contributed by atoms with Crippen molar-refractivity contribution in [2.24, 2.45) is 0 Å². The first-order chi connectivity index (χ1) is 13.9. The standard InChI is InChI=1S/C15H19FO3S.C8H10O/c1-10-3-5-12(6-4-10)8-18-9-13-7-14(16)15(20-13)19-11(2)17;1-7-2-4-8(6-9)5-3-7/h3-6,13-15H,7-9H2,1-2H3;2-5,9H,6H2,1H3. The third-order valence-corrected chi connectivity index (χ3v) is 5.76. The van der Waals surface area contributed by atoms with Crippen LogP contribution in [0.1, 0.15) is 35.6 Å². The van der Waals surface area contributed by atoms with Gasteiger partial charge in [-0.05, 0) is 31.4 Å². The second kappa shape index (κ2) is 12.0. The summed E-state index contributed by atoms with van der Waals surface area (Å²) >= 11 is 1.34. The predicted molar refractivity (Wildman–Crippen MR) is 114 cm³/mol. The highest BCUT2D eigenvalue weighted by Gasteiger charge is 2.37. The summed E-state index contributed by atoms with van der Waals surface area (Å²) in [7, 11) is 0. The number of hydrogen-bond acceptors (Lipinski definition) is 5. The van der Waals surface area contributed by atoms with Crippen LogP contribution in [0.15, 0.2) is 48.5 Å². The number of halogens is 1. The lowest BCUT2D eigenvalue weighted by molar-refractivity contribution is -0.144. The first-order valence-corrected chi connectivity index (χ1v) is 10.6. The summed E-state index contributed by atoms with van der Waals surface area (Å²) in [5.41, 5.74) is 3.84. The normalized spacial score (nSPS) is 20.7. The molecule has 4 nitrogen and oxygen atoms in total. The van der Waals surface area contributed by atoms with Crippen LogP contribution in [0, 0.1) is 13.8 Å². The highest BCUT2D eigenvalue weighted by molar-refractivity contribution is 8.00. The van der Waals surface area contributed by atoms with Crippen LogP contribution in [0.2, 0.25) is 0 Å². The molecule has 158 valence electrons. The fourth-order valence-corrected chi connectivity index (χ4v) is 4.07. The number of aryl methyl sites for hydroxylation is 2. The van der Waals surface area contributed by atoms with Gasteiger partial charge in [0, 0.05) is 12.2 Å². The van der Waals surface area contributed by atoms with Gasteiger partial charge in [-0.1, -0.05) is 59.7 Å². The molecular weight excluding hydrogens is 391 g/mol. The number of carbonyl (C=O) groups excluding carboxylic acids is 1. The van der Waals surface area contributed by atoms with Crippen molar-refractivity contribution in [3.63, 3.8) is 0 Å². The zero-order valence-electron chi connectivity index (χ0n) is 17.1. The monoisotopic (exact) mass is 420 g/mol. The van der Waals surface area contributed by atoms with Crippen molar-refractivity contribution in [1.82, 2.24) is 0 Å². The smallest absolute Gasteiger partial charge is 0.303 e. The van der Waals surface area contributed by atoms with E-state index in [1.165, 1.54) is 29.8 Å². The summed E-state index contributed by atoms with van der Waals surface area (Å²) in [6.07, 6.45) is -0.729. The number of rotatable bonds is 6. The summed E-state index contributed by atoms with van der Waals surface area (Å²) < 4.78 is 24.2. The van der Waals surface area contributed by atoms with Crippen LogP contribution in [-0.4, -0.2) is 34.5 Å². The number of hydrogen-bond donors (Lipinski definition) is 1. The molecule has 2 aromatic rings. The Hall–Kier alpha value is -1.89. The maximum atomic E-state index is 13.6. The van der Waals surface area contributed by atoms with Crippen molar-refractivity contribution in [3.8, 4) is 0 Å². The molecule has 1 heterocycles. The number of carbonyl (C=O) groups is 1. The molecule has 3 unspecified atom stereocenters. The van der Waals surface area contributed by atoms with E-state index in [1.807, 2.05) is 62.4 Å². The van der Waals surface area contributed by atoms with Crippen LogP contribution in [0.5, 0.6) is 0 Å². The van der Waals surface area contributed by atoms with Crippen molar-refractivity contribution in [2.75, 3.05) is 6.61 Å². The van der Waals surface area contributed by atoms with Gasteiger partial charge in [-0.3, -0.25) is 4.79 Å². The topological polar surface area (TPSA) is 55.8 Å². The number of aliphatic hydroxyl groups excluding tert-OH is 1. The second-order valence-corrected chi connectivity index (χ2v) is 8.54. The van der Waals surface area contributed by atoms with E-state index >= 15 is 0 Å². The minimum absolute atomic E-state index is 0.0415. The molecule has 0 spiro atoms. The molecule has 1 N–H and O–H groups in total. The molecule has 0 aromatic heterocycles. The first-order valence-electron chi connectivity index (χ1n) is 9.64. The molecule has 0 aliphatic carbocycles. The SMILES string of the molecule is CC(=O)OC1SC(COCc2ccc(C)cc2)CC1F.Cc1ccc(CO)cc1. The molecule has 0 saturated carbocycles. The van der Waals surface area contributed by atoms with Crippen molar-refractivity contribution < 1.29 is 23.8 Å². The van der Waals surface area contributed by atoms with Crippen molar-refractivity contribution in [2.45, 2.75) is 57.3 Å². The van der Waals surface area contributed by atoms with Gasteiger partial charge < -0.3 is 14.6 Å². The van der Waals surface area contributed by atoms with E-state index in [2.05, 4.69) is 0 Å². The highest BCUT2D eigenvalue weighted by atomic mass is 32.2. The van der Waals surface area contributed by atoms with Crippen molar-refractivity contribution in [1.29, 1.82) is 0 Å². The van der Waals surface area contributed by atoms with Crippen molar-refractivity contribution in [3.05, 3.63) is 70.8 Å². The molecule has 1 fully saturated rings. The van der Waals surface area contributed by atoms with Gasteiger partial charge in [0.2, 0.25) is 0 Å². The summed E-state index contributed by atoms with van der Waals surface area (Å²) in [5, 5.41) is 8.67. The molecular formula is C23H29FO4S. The van der Waals surface area contributed by atoms with E-state index in [0.717, 1.165) is 11.1 Å². The third-order valence-electron chi connectivity index (χ3n) is 4.39. The average Bonchev–Trinajstić information content (AvgIpc) is 3.03. The Morgan fingerprint density at radius 3 is 2.14 bits per heavy atom. The number of thioether (sulfide) groups is 1. The van der Waals surface area contributed by atoms with Gasteiger partial charge in [0.25, 0.3) is 0 Å². The van der Waals surface area contributed by atoms with Gasteiger partial charge in [0.05, 0.1) is 19.8 Å². The lowest BCUT2D eigenvalue weighted by atomic mass is 10.2. The molecule has 1 saturated heterocycles. The Morgan fingerprint density at radius 1 is 1.07 bits per heavy atom. The third kappa shape index (κ3) is 8.56. The van der Waals surface area contributed by atoms with E-state index in [9.17, 15) is 9.18 Å². The van der Waals surface area contributed by atoms with Crippen LogP contribution in [-0.2, 0) is 27.5 Å². The zero-order chi connectivity index (χ0) is 21.2. The van der Waals surface area contributed by atoms with Gasteiger partial charge in [0.15, 0.2) is 5.44 Å². The van der Waals surface area contributed by atoms with Crippen LogP contribution < -0.4 is 0 Å². The Bertz CT molecular complexity index is 748. The fourth-order valence-electron chi connectivity index (χ4n) is 2.75. The minimum atomic E-state index is -1.10. The van der Waals surface area contributed by atoms with Gasteiger partial charge in [-0.25, -0.2) is 4.39 Å². The van der Waals surface area contributed by atoms with E-state index < -0.39 is 17.6 Å². The van der Waals surface area contributed by atoms with E-state index in [0.29, 0.717) is 19.6 Å². The maximum Gasteiger partial charge on any atom is 0.303 e. The Balaban J connectivity index is 0.000000278. The average molecular weight is 421 g/mol. The minimum Gasteiger partial charge on any atom is -0.448 e. The summed E-state index contributed by atoms with van der Waals surface area (Å²) in [5.74, 6) is -0.439. The summed E-state index contributed by atoms with van der Waals surface area (Å²) in [4.78, 5) is 10.8. The summed E-state index contributed by atoms with van der Waals surface area (Å²) in [6.45, 7) is 6.50. The first kappa shape index (κ1) is 23.4. The number of esters is 1. The fraction of sp³-hybridized carbons (Fsp3) is 0.435. The Morgan fingerprint density at radius 2 is 1.62 bits per heavy atom. The van der Waals surface area contributed by atoms with E-state index in [1.54, 1.807) is 0 Å². The number of benzene rings is 2. The van der Waals surface area contributed by atoms with Crippen LogP contribution in [0.4, 0.5) is 4.39 Å². The number of alkyl halides is 1. The molecule has 6 heteroatoms. The second-order valence-electron chi connectivity index (χ2n) is 7.13. The van der Waals surface area contributed by atoms with Crippen LogP contribution in [0.25, 0.3) is 0 Å². The van der Waals surface area contributed by atoms with Crippen LogP contribution >= 0.6 is 11.8 Å². The van der Waals surface area contributed by atoms with E-state index in [4.69, 9.17) is 14.6 Å². The highest BCUT2D eigenvalue weighted by Crippen LogP contribution is 2.37. The number of aliphatic hydroxyl groups is 1. The molecule has 0 bridgehead atoms. The Kier molecular flexibility index (Phi) is 9.64. The molecule has 0 amide bonds. The predicted octanol–water partition coefficient (Wildman–Crippen LogP) is 4.73. The van der Waals surface area contributed by atoms with Crippen molar-refractivity contribution >= 4 is 17.7 Å². The summed E-state index contributed by atoms with van der Waals surface area (Å²) in [6, 6.07) is 16.0. The van der Waals surface area contributed by atoms with Gasteiger partial charge in [0.1, 0.15) is 6.17 Å². The Labute approximate surface area is 176 Å². The van der Waals surface area contributed by atoms with E-state index in [-0.39, 0.29) is 11.9 Å². The number of ether oxygens (including phenoxy) is 2. The molecule has 0 radical (unpaired) electrons. The molecule has 2 aromatic carbocycles. The quantitative estimate of drug-likeness (QED) is 0.685. The van der Waals surface area contributed by atoms with Gasteiger partial charge in [-0.2, -0.15) is 0 Å². The zero-order valence-corrected chi connectivity index (χ0v) is 18.0. The lowest BCUT2D eigenvalue weighted by Gasteiger charge is -2.12. The largest absolute Gasteiger partial charge is 0.448 e. The lowest BCUT2D eigenvalue weighted by Crippen LogP contribution is -2.18. The molecule has 3 rings (SSSR count). The van der Waals surface area contributed by atoms with Crippen LogP contribution in [0.3, 0.4) is 0 Å². The van der Waals surface area contributed by atoms with Gasteiger partial charge >= 0.3 is 5.97 Å². The van der Waals surface area contributed by atoms with Gasteiger partial charge in [-0.15, -0.1) is 11.8 Å². The molecule has 3 atom stereocenters. The molecule has 29 heavy (non-hydrogen) atoms.